The van der Waals surface area contributed by atoms with Crippen molar-refractivity contribution in [3.63, 3.8) is 0 Å². The Labute approximate surface area is 154 Å². The summed E-state index contributed by atoms with van der Waals surface area (Å²) in [5.41, 5.74) is 0.0748. The summed E-state index contributed by atoms with van der Waals surface area (Å²) < 4.78 is 19.7. The molecule has 25 heavy (non-hydrogen) atoms. The van der Waals surface area contributed by atoms with E-state index in [9.17, 15) is 9.18 Å². The van der Waals surface area contributed by atoms with Gasteiger partial charge in [0.2, 0.25) is 0 Å². The zero-order chi connectivity index (χ0) is 18.2. The van der Waals surface area contributed by atoms with E-state index in [4.69, 9.17) is 33.2 Å². The molecule has 3 rings (SSSR count). The van der Waals surface area contributed by atoms with Crippen molar-refractivity contribution in [3.8, 4) is 6.07 Å². The van der Waals surface area contributed by atoms with Crippen LogP contribution in [0.4, 0.5) is 10.1 Å². The first-order chi connectivity index (χ1) is 11.8. The minimum atomic E-state index is -0.952. The predicted octanol–water partition coefficient (Wildman–Crippen LogP) is 4.65. The maximum atomic E-state index is 14.1. The van der Waals surface area contributed by atoms with Crippen molar-refractivity contribution < 1.29 is 13.9 Å². The minimum absolute atomic E-state index is 0.248. The van der Waals surface area contributed by atoms with Crippen molar-refractivity contribution in [3.05, 3.63) is 63.4 Å². The second-order valence-corrected chi connectivity index (χ2v) is 6.75. The van der Waals surface area contributed by atoms with E-state index in [-0.39, 0.29) is 21.5 Å². The van der Waals surface area contributed by atoms with Crippen LogP contribution in [0.1, 0.15) is 24.5 Å². The standard InChI is InChI=1S/C18H13Cl2FN2O2/c1-18(16-12(19)3-2-4-14(16)21)8-15(25-18)17(24)23-11-6-5-10(9-22)13(20)7-11/h2-7,15H,8H2,1H3,(H,23,24). The molecule has 0 aliphatic carbocycles. The van der Waals surface area contributed by atoms with E-state index < -0.39 is 17.5 Å². The lowest BCUT2D eigenvalue weighted by molar-refractivity contribution is -0.202. The van der Waals surface area contributed by atoms with Crippen molar-refractivity contribution >= 4 is 34.8 Å². The second kappa shape index (κ2) is 6.64. The summed E-state index contributed by atoms with van der Waals surface area (Å²) in [4.78, 5) is 12.3. The molecule has 1 aliphatic rings. The molecule has 2 aromatic carbocycles. The van der Waals surface area contributed by atoms with Gasteiger partial charge in [-0.05, 0) is 37.3 Å². The Morgan fingerprint density at radius 3 is 2.68 bits per heavy atom. The van der Waals surface area contributed by atoms with Crippen molar-refractivity contribution in [1.82, 2.24) is 0 Å². The van der Waals surface area contributed by atoms with Crippen LogP contribution < -0.4 is 5.32 Å². The zero-order valence-corrected chi connectivity index (χ0v) is 14.7. The molecule has 128 valence electrons. The molecular formula is C18H13Cl2FN2O2. The lowest BCUT2D eigenvalue weighted by atomic mass is 9.83. The lowest BCUT2D eigenvalue weighted by Gasteiger charge is -2.45. The quantitative estimate of drug-likeness (QED) is 0.845. The van der Waals surface area contributed by atoms with Crippen LogP contribution in [-0.2, 0) is 15.1 Å². The van der Waals surface area contributed by atoms with Crippen molar-refractivity contribution in [2.75, 3.05) is 5.32 Å². The number of nitriles is 1. The molecule has 0 bridgehead atoms. The summed E-state index contributed by atoms with van der Waals surface area (Å²) in [5.74, 6) is -0.835. The number of benzene rings is 2. The van der Waals surface area contributed by atoms with Crippen molar-refractivity contribution in [2.24, 2.45) is 0 Å². The van der Waals surface area contributed by atoms with Gasteiger partial charge in [-0.25, -0.2) is 4.39 Å². The number of nitrogens with one attached hydrogen (secondary N) is 1. The number of anilines is 1. The van der Waals surface area contributed by atoms with E-state index in [0.717, 1.165) is 0 Å². The fraction of sp³-hybridized carbons (Fsp3) is 0.222. The van der Waals surface area contributed by atoms with Crippen LogP contribution in [0, 0.1) is 17.1 Å². The molecule has 0 aromatic heterocycles. The van der Waals surface area contributed by atoms with E-state index in [1.165, 1.54) is 24.3 Å². The lowest BCUT2D eigenvalue weighted by Crippen LogP contribution is -2.52. The van der Waals surface area contributed by atoms with Crippen LogP contribution in [0.15, 0.2) is 36.4 Å². The highest BCUT2D eigenvalue weighted by molar-refractivity contribution is 6.32. The molecule has 7 heteroatoms. The molecule has 0 saturated carbocycles. The topological polar surface area (TPSA) is 62.1 Å². The number of amides is 1. The number of nitrogens with zero attached hydrogens (tertiary/aromatic N) is 1. The van der Waals surface area contributed by atoms with Gasteiger partial charge in [0.05, 0.1) is 16.2 Å². The SMILES string of the molecule is CC1(c2c(F)cccc2Cl)CC(C(=O)Nc2ccc(C#N)c(Cl)c2)O1. The Kier molecular flexibility index (Phi) is 4.70. The zero-order valence-electron chi connectivity index (χ0n) is 13.1. The molecule has 1 heterocycles. The summed E-state index contributed by atoms with van der Waals surface area (Å²) in [7, 11) is 0. The summed E-state index contributed by atoms with van der Waals surface area (Å²) in [6, 6.07) is 10.9. The van der Waals surface area contributed by atoms with Gasteiger partial charge < -0.3 is 10.1 Å². The predicted molar refractivity (Wildman–Crippen MR) is 93.0 cm³/mol. The number of halogens is 3. The smallest absolute Gasteiger partial charge is 0.253 e. The van der Waals surface area contributed by atoms with E-state index in [1.807, 2.05) is 6.07 Å². The van der Waals surface area contributed by atoms with Gasteiger partial charge in [-0.3, -0.25) is 4.79 Å². The first kappa shape index (κ1) is 17.7. The summed E-state index contributed by atoms with van der Waals surface area (Å²) in [5, 5.41) is 12.0. The number of ether oxygens (including phenoxy) is 1. The van der Waals surface area contributed by atoms with E-state index in [0.29, 0.717) is 17.7 Å². The Balaban J connectivity index is 1.69. The number of rotatable bonds is 3. The number of carbonyl (C=O) groups excluding carboxylic acids is 1. The summed E-state index contributed by atoms with van der Waals surface area (Å²) >= 11 is 12.0. The van der Waals surface area contributed by atoms with E-state index >= 15 is 0 Å². The molecule has 0 radical (unpaired) electrons. The molecule has 2 aromatic rings. The van der Waals surface area contributed by atoms with Gasteiger partial charge >= 0.3 is 0 Å². The Hall–Kier alpha value is -2.13. The van der Waals surface area contributed by atoms with Crippen LogP contribution >= 0.6 is 23.2 Å². The highest BCUT2D eigenvalue weighted by Gasteiger charge is 2.48. The molecule has 4 nitrogen and oxygen atoms in total. The Bertz CT molecular complexity index is 869. The highest BCUT2D eigenvalue weighted by Crippen LogP contribution is 2.45. The third-order valence-electron chi connectivity index (χ3n) is 4.12. The first-order valence-electron chi connectivity index (χ1n) is 7.47. The average molecular weight is 379 g/mol. The second-order valence-electron chi connectivity index (χ2n) is 5.93. The monoisotopic (exact) mass is 378 g/mol. The van der Waals surface area contributed by atoms with Gasteiger partial charge in [0.15, 0.2) is 0 Å². The largest absolute Gasteiger partial charge is 0.357 e. The molecule has 1 saturated heterocycles. The molecular weight excluding hydrogens is 366 g/mol. The third-order valence-corrected chi connectivity index (χ3v) is 4.75. The first-order valence-corrected chi connectivity index (χ1v) is 8.22. The number of hydrogen-bond acceptors (Lipinski definition) is 3. The van der Waals surface area contributed by atoms with E-state index in [1.54, 1.807) is 19.1 Å². The fourth-order valence-electron chi connectivity index (χ4n) is 2.87. The highest BCUT2D eigenvalue weighted by atomic mass is 35.5. The van der Waals surface area contributed by atoms with Crippen LogP contribution in [0.25, 0.3) is 0 Å². The minimum Gasteiger partial charge on any atom is -0.357 e. The number of carbonyl (C=O) groups is 1. The van der Waals surface area contributed by atoms with Gasteiger partial charge in [0.1, 0.15) is 18.0 Å². The van der Waals surface area contributed by atoms with Gasteiger partial charge in [-0.15, -0.1) is 0 Å². The Morgan fingerprint density at radius 2 is 2.08 bits per heavy atom. The van der Waals surface area contributed by atoms with E-state index in [2.05, 4.69) is 5.32 Å². The van der Waals surface area contributed by atoms with Crippen LogP contribution in [0.3, 0.4) is 0 Å². The fourth-order valence-corrected chi connectivity index (χ4v) is 3.46. The number of hydrogen-bond donors (Lipinski definition) is 1. The average Bonchev–Trinajstić information content (AvgIpc) is 2.52. The molecule has 2 unspecified atom stereocenters. The molecule has 1 N–H and O–H groups in total. The molecule has 2 atom stereocenters. The van der Waals surface area contributed by atoms with Gasteiger partial charge in [-0.1, -0.05) is 29.3 Å². The molecule has 1 fully saturated rings. The van der Waals surface area contributed by atoms with Crippen LogP contribution in [0.2, 0.25) is 10.0 Å². The third kappa shape index (κ3) is 3.34. The van der Waals surface area contributed by atoms with Crippen LogP contribution in [0.5, 0.6) is 0 Å². The summed E-state index contributed by atoms with van der Waals surface area (Å²) in [6.45, 7) is 1.69. The van der Waals surface area contributed by atoms with Gasteiger partial charge in [0.25, 0.3) is 5.91 Å². The van der Waals surface area contributed by atoms with Crippen molar-refractivity contribution in [1.29, 1.82) is 5.26 Å². The van der Waals surface area contributed by atoms with Gasteiger partial charge in [0, 0.05) is 22.7 Å². The maximum Gasteiger partial charge on any atom is 0.253 e. The molecule has 0 spiro atoms. The van der Waals surface area contributed by atoms with Crippen LogP contribution in [-0.4, -0.2) is 12.0 Å². The summed E-state index contributed by atoms with van der Waals surface area (Å²) in [6.07, 6.45) is -0.432. The maximum absolute atomic E-state index is 14.1. The van der Waals surface area contributed by atoms with Crippen molar-refractivity contribution in [2.45, 2.75) is 25.0 Å². The van der Waals surface area contributed by atoms with Gasteiger partial charge in [-0.2, -0.15) is 5.26 Å². The Morgan fingerprint density at radius 1 is 1.36 bits per heavy atom. The normalized spacial score (nSPS) is 22.0. The molecule has 1 aliphatic heterocycles. The molecule has 1 amide bonds.